The van der Waals surface area contributed by atoms with Gasteiger partial charge in [0.15, 0.2) is 5.78 Å². The third-order valence-electron chi connectivity index (χ3n) is 3.49. The molecule has 2 nitrogen and oxygen atoms in total. The summed E-state index contributed by atoms with van der Waals surface area (Å²) >= 11 is 0. The van der Waals surface area contributed by atoms with Crippen molar-refractivity contribution in [2.45, 2.75) is 38.2 Å². The lowest BCUT2D eigenvalue weighted by Crippen LogP contribution is -2.22. The molecule has 2 heteroatoms. The van der Waals surface area contributed by atoms with Crippen LogP contribution in [0.1, 0.15) is 48.0 Å². The van der Waals surface area contributed by atoms with Gasteiger partial charge in [0, 0.05) is 12.7 Å². The van der Waals surface area contributed by atoms with E-state index in [0.29, 0.717) is 5.92 Å². The Kier molecular flexibility index (Phi) is 3.39. The fourth-order valence-electron chi connectivity index (χ4n) is 2.12. The molecule has 16 heavy (non-hydrogen) atoms. The molecule has 86 valence electrons. The molecule has 2 rings (SSSR count). The Morgan fingerprint density at radius 3 is 2.62 bits per heavy atom. The van der Waals surface area contributed by atoms with Crippen molar-refractivity contribution in [3.05, 3.63) is 35.4 Å². The summed E-state index contributed by atoms with van der Waals surface area (Å²) in [7, 11) is 1.58. The standard InChI is InChI=1S/C14H18O2/c1-10(16-2)14(15)13-9-4-3-8-12(13)11-6-5-7-11/h3-4,8-11H,5-7H2,1-2H3. The van der Waals surface area contributed by atoms with E-state index < -0.39 is 0 Å². The Balaban J connectivity index is 2.28. The maximum atomic E-state index is 12.1. The topological polar surface area (TPSA) is 26.3 Å². The zero-order chi connectivity index (χ0) is 11.5. The van der Waals surface area contributed by atoms with E-state index in [2.05, 4.69) is 6.07 Å². The largest absolute Gasteiger partial charge is 0.374 e. The van der Waals surface area contributed by atoms with Crippen molar-refractivity contribution in [1.29, 1.82) is 0 Å². The molecule has 1 fully saturated rings. The monoisotopic (exact) mass is 218 g/mol. The van der Waals surface area contributed by atoms with Crippen molar-refractivity contribution in [1.82, 2.24) is 0 Å². The minimum absolute atomic E-state index is 0.102. The van der Waals surface area contributed by atoms with Crippen molar-refractivity contribution in [3.8, 4) is 0 Å². The van der Waals surface area contributed by atoms with Crippen LogP contribution in [0.3, 0.4) is 0 Å². The predicted molar refractivity (Wildman–Crippen MR) is 63.8 cm³/mol. The van der Waals surface area contributed by atoms with Gasteiger partial charge in [0.25, 0.3) is 0 Å². The maximum Gasteiger partial charge on any atom is 0.191 e. The number of methoxy groups -OCH3 is 1. The second-order valence-electron chi connectivity index (χ2n) is 4.46. The van der Waals surface area contributed by atoms with Crippen LogP contribution < -0.4 is 0 Å². The second kappa shape index (κ2) is 4.79. The van der Waals surface area contributed by atoms with Crippen LogP contribution in [0.4, 0.5) is 0 Å². The van der Waals surface area contributed by atoms with Crippen molar-refractivity contribution in [3.63, 3.8) is 0 Å². The van der Waals surface area contributed by atoms with Gasteiger partial charge in [-0.05, 0) is 31.2 Å². The lowest BCUT2D eigenvalue weighted by atomic mass is 9.77. The van der Waals surface area contributed by atoms with Gasteiger partial charge >= 0.3 is 0 Å². The average Bonchev–Trinajstić information content (AvgIpc) is 2.25. The van der Waals surface area contributed by atoms with Gasteiger partial charge in [0.2, 0.25) is 0 Å². The fraction of sp³-hybridized carbons (Fsp3) is 0.500. The summed E-state index contributed by atoms with van der Waals surface area (Å²) in [5.74, 6) is 0.689. The van der Waals surface area contributed by atoms with Crippen molar-refractivity contribution < 1.29 is 9.53 Å². The van der Waals surface area contributed by atoms with Gasteiger partial charge in [-0.2, -0.15) is 0 Å². The highest BCUT2D eigenvalue weighted by molar-refractivity contribution is 6.00. The highest BCUT2D eigenvalue weighted by Crippen LogP contribution is 2.38. The van der Waals surface area contributed by atoms with Gasteiger partial charge < -0.3 is 4.74 Å². The lowest BCUT2D eigenvalue weighted by Gasteiger charge is -2.28. The SMILES string of the molecule is COC(C)C(=O)c1ccccc1C1CCC1. The zero-order valence-electron chi connectivity index (χ0n) is 9.90. The van der Waals surface area contributed by atoms with Gasteiger partial charge in [-0.25, -0.2) is 0 Å². The number of Topliss-reactive ketones (excluding diaryl/α,β-unsaturated/α-hetero) is 1. The Bertz CT molecular complexity index is 380. The Morgan fingerprint density at radius 2 is 2.06 bits per heavy atom. The van der Waals surface area contributed by atoms with E-state index in [1.54, 1.807) is 14.0 Å². The molecular formula is C14H18O2. The summed E-state index contributed by atoms with van der Waals surface area (Å²) in [5.41, 5.74) is 2.06. The number of hydrogen-bond donors (Lipinski definition) is 0. The molecule has 1 aromatic carbocycles. The van der Waals surface area contributed by atoms with Crippen LogP contribution in [-0.4, -0.2) is 19.0 Å². The van der Waals surface area contributed by atoms with Crippen LogP contribution in [-0.2, 0) is 4.74 Å². The number of ketones is 1. The number of rotatable bonds is 4. The van der Waals surface area contributed by atoms with E-state index in [1.807, 2.05) is 18.2 Å². The Morgan fingerprint density at radius 1 is 1.38 bits per heavy atom. The van der Waals surface area contributed by atoms with Crippen LogP contribution in [0.25, 0.3) is 0 Å². The lowest BCUT2D eigenvalue weighted by molar-refractivity contribution is 0.0653. The van der Waals surface area contributed by atoms with Gasteiger partial charge in [0.05, 0.1) is 0 Å². The van der Waals surface area contributed by atoms with Gasteiger partial charge in [-0.3, -0.25) is 4.79 Å². The summed E-state index contributed by atoms with van der Waals surface area (Å²) in [6.07, 6.45) is 3.37. The average molecular weight is 218 g/mol. The molecular weight excluding hydrogens is 200 g/mol. The second-order valence-corrected chi connectivity index (χ2v) is 4.46. The van der Waals surface area contributed by atoms with Crippen LogP contribution in [0, 0.1) is 0 Å². The van der Waals surface area contributed by atoms with E-state index in [4.69, 9.17) is 4.74 Å². The van der Waals surface area contributed by atoms with E-state index >= 15 is 0 Å². The third-order valence-corrected chi connectivity index (χ3v) is 3.49. The molecule has 0 saturated heterocycles. The van der Waals surface area contributed by atoms with Gasteiger partial charge in [-0.15, -0.1) is 0 Å². The molecule has 1 atom stereocenters. The minimum Gasteiger partial charge on any atom is -0.374 e. The number of carbonyl (C=O) groups excluding carboxylic acids is 1. The molecule has 0 amide bonds. The number of benzene rings is 1. The maximum absolute atomic E-state index is 12.1. The quantitative estimate of drug-likeness (QED) is 0.725. The van der Waals surface area contributed by atoms with Crippen LogP contribution in [0.15, 0.2) is 24.3 Å². The Labute approximate surface area is 96.6 Å². The molecule has 1 aliphatic carbocycles. The fourth-order valence-corrected chi connectivity index (χ4v) is 2.12. The molecule has 0 radical (unpaired) electrons. The van der Waals surface area contributed by atoms with Crippen molar-refractivity contribution in [2.75, 3.05) is 7.11 Å². The zero-order valence-corrected chi connectivity index (χ0v) is 9.90. The van der Waals surface area contributed by atoms with Crippen LogP contribution in [0.5, 0.6) is 0 Å². The van der Waals surface area contributed by atoms with Crippen LogP contribution in [0.2, 0.25) is 0 Å². The molecule has 0 heterocycles. The van der Waals surface area contributed by atoms with E-state index in [9.17, 15) is 4.79 Å². The summed E-state index contributed by atoms with van der Waals surface area (Å²) in [6, 6.07) is 7.95. The number of ether oxygens (including phenoxy) is 1. The molecule has 0 N–H and O–H groups in total. The number of hydrogen-bond acceptors (Lipinski definition) is 2. The molecule has 1 saturated carbocycles. The minimum atomic E-state index is -0.346. The van der Waals surface area contributed by atoms with E-state index in [1.165, 1.54) is 24.8 Å². The smallest absolute Gasteiger partial charge is 0.191 e. The Hall–Kier alpha value is -1.15. The van der Waals surface area contributed by atoms with E-state index in [-0.39, 0.29) is 11.9 Å². The first-order valence-electron chi connectivity index (χ1n) is 5.90. The molecule has 0 aliphatic heterocycles. The van der Waals surface area contributed by atoms with E-state index in [0.717, 1.165) is 5.56 Å². The molecule has 1 aromatic rings. The first-order chi connectivity index (χ1) is 7.74. The van der Waals surface area contributed by atoms with Crippen molar-refractivity contribution in [2.24, 2.45) is 0 Å². The molecule has 0 aromatic heterocycles. The molecule has 1 aliphatic rings. The van der Waals surface area contributed by atoms with Gasteiger partial charge in [-0.1, -0.05) is 30.7 Å². The summed E-state index contributed by atoms with van der Waals surface area (Å²) in [6.45, 7) is 1.81. The highest BCUT2D eigenvalue weighted by Gasteiger charge is 2.25. The first-order valence-corrected chi connectivity index (χ1v) is 5.90. The normalized spacial score (nSPS) is 17.9. The third kappa shape index (κ3) is 2.03. The molecule has 0 bridgehead atoms. The van der Waals surface area contributed by atoms with Crippen molar-refractivity contribution >= 4 is 5.78 Å². The first kappa shape index (κ1) is 11.3. The van der Waals surface area contributed by atoms with Gasteiger partial charge in [0.1, 0.15) is 6.10 Å². The summed E-state index contributed by atoms with van der Waals surface area (Å²) < 4.78 is 5.10. The number of carbonyl (C=O) groups is 1. The molecule has 1 unspecified atom stereocenters. The summed E-state index contributed by atoms with van der Waals surface area (Å²) in [4.78, 5) is 12.1. The highest BCUT2D eigenvalue weighted by atomic mass is 16.5. The van der Waals surface area contributed by atoms with Crippen LogP contribution >= 0.6 is 0 Å². The predicted octanol–water partition coefficient (Wildman–Crippen LogP) is 3.17. The molecule has 0 spiro atoms. The summed E-state index contributed by atoms with van der Waals surface area (Å²) in [5, 5.41) is 0.